The van der Waals surface area contributed by atoms with E-state index in [2.05, 4.69) is 25.5 Å². The third-order valence-electron chi connectivity index (χ3n) is 6.27. The largest absolute Gasteiger partial charge is 0.466 e. The van der Waals surface area contributed by atoms with E-state index in [9.17, 15) is 19.8 Å². The number of aromatic amines is 1. The lowest BCUT2D eigenvalue weighted by atomic mass is 10.0. The van der Waals surface area contributed by atoms with Crippen LogP contribution in [0.5, 0.6) is 0 Å². The van der Waals surface area contributed by atoms with Gasteiger partial charge in [-0.05, 0) is 39.1 Å². The first-order valence-electron chi connectivity index (χ1n) is 12.0. The maximum absolute atomic E-state index is 13.0. The second kappa shape index (κ2) is 11.5. The average molecular weight is 516 g/mol. The van der Waals surface area contributed by atoms with Crippen molar-refractivity contribution in [3.05, 3.63) is 51.1 Å². The highest BCUT2D eigenvalue weighted by Crippen LogP contribution is 2.25. The van der Waals surface area contributed by atoms with E-state index in [1.165, 1.54) is 11.3 Å². The number of nitrogens with zero attached hydrogens (tertiary/aromatic N) is 2. The number of H-pyrrole nitrogens is 1. The number of aliphatic hydroxyl groups excluding tert-OH is 2. The molecule has 11 heteroatoms. The van der Waals surface area contributed by atoms with Gasteiger partial charge >= 0.3 is 5.97 Å². The summed E-state index contributed by atoms with van der Waals surface area (Å²) in [6.07, 6.45) is -0.553. The molecule has 3 atom stereocenters. The zero-order chi connectivity index (χ0) is 25.8. The number of aliphatic hydroxyl groups is 2. The Morgan fingerprint density at radius 2 is 2.11 bits per heavy atom. The van der Waals surface area contributed by atoms with Gasteiger partial charge in [0.05, 0.1) is 37.1 Å². The number of likely N-dealkylation sites (N-methyl/N-ethyl adjacent to an activating group) is 1. The molecule has 0 aliphatic carbocycles. The molecule has 10 nitrogen and oxygen atoms in total. The van der Waals surface area contributed by atoms with Crippen LogP contribution >= 0.6 is 11.3 Å². The van der Waals surface area contributed by atoms with E-state index in [4.69, 9.17) is 4.74 Å². The van der Waals surface area contributed by atoms with Crippen molar-refractivity contribution in [1.29, 1.82) is 0 Å². The van der Waals surface area contributed by atoms with Crippen LogP contribution in [0.15, 0.2) is 24.3 Å². The summed E-state index contributed by atoms with van der Waals surface area (Å²) in [5.41, 5.74) is 3.39. The van der Waals surface area contributed by atoms with Crippen molar-refractivity contribution in [2.75, 3.05) is 26.8 Å². The first-order valence-corrected chi connectivity index (χ1v) is 12.9. The Kier molecular flexibility index (Phi) is 8.37. The number of hydrogen-bond donors (Lipinski definition) is 5. The highest BCUT2D eigenvalue weighted by molar-refractivity contribution is 7.13. The molecule has 0 spiro atoms. The molecule has 1 amide bonds. The van der Waals surface area contributed by atoms with Crippen molar-refractivity contribution in [1.82, 2.24) is 25.5 Å². The number of rotatable bonds is 10. The van der Waals surface area contributed by atoms with E-state index in [-0.39, 0.29) is 13.0 Å². The Labute approximate surface area is 213 Å². The minimum atomic E-state index is -1.18. The monoisotopic (exact) mass is 515 g/mol. The molecule has 4 rings (SSSR count). The molecule has 1 aliphatic heterocycles. The lowest BCUT2D eigenvalue weighted by Crippen LogP contribution is -2.53. The third kappa shape index (κ3) is 6.11. The lowest BCUT2D eigenvalue weighted by molar-refractivity contribution is -0.144. The van der Waals surface area contributed by atoms with Gasteiger partial charge < -0.3 is 30.2 Å². The molecule has 0 saturated carbocycles. The Balaban J connectivity index is 1.51. The Morgan fingerprint density at radius 1 is 1.31 bits per heavy atom. The molecule has 2 aromatic heterocycles. The highest BCUT2D eigenvalue weighted by atomic mass is 32.1. The van der Waals surface area contributed by atoms with Crippen molar-refractivity contribution in [3.8, 4) is 0 Å². The van der Waals surface area contributed by atoms with Crippen LogP contribution in [0.3, 0.4) is 0 Å². The highest BCUT2D eigenvalue weighted by Gasteiger charge is 2.30. The van der Waals surface area contributed by atoms with Gasteiger partial charge in [0.15, 0.2) is 5.01 Å². The fourth-order valence-electron chi connectivity index (χ4n) is 4.36. The van der Waals surface area contributed by atoms with E-state index in [1.54, 1.807) is 6.92 Å². The number of carbonyl (C=O) groups excluding carboxylic acids is 2. The van der Waals surface area contributed by atoms with Crippen LogP contribution in [0.25, 0.3) is 10.9 Å². The molecule has 0 fully saturated rings. The summed E-state index contributed by atoms with van der Waals surface area (Å²) in [6, 6.07) is 6.05. The van der Waals surface area contributed by atoms with Crippen molar-refractivity contribution in [2.24, 2.45) is 0 Å². The summed E-state index contributed by atoms with van der Waals surface area (Å²) in [5.74, 6) is -0.933. The van der Waals surface area contributed by atoms with Gasteiger partial charge in [-0.1, -0.05) is 11.6 Å². The SMILES string of the molecule is CCOC(=O)C[C@@H](NC(O)c1cc2cc(C)ccc2[nH]1)[C@@H](CO)NC(=O)c1nc2c(s1)CN(C)CC2. The number of carbonyl (C=O) groups is 2. The first kappa shape index (κ1) is 26.2. The molecule has 0 bridgehead atoms. The number of thiazole rings is 1. The summed E-state index contributed by atoms with van der Waals surface area (Å²) in [4.78, 5) is 36.3. The van der Waals surface area contributed by atoms with E-state index in [0.29, 0.717) is 10.7 Å². The molecule has 1 aliphatic rings. The Bertz CT molecular complexity index is 1220. The zero-order valence-electron chi connectivity index (χ0n) is 20.7. The number of ether oxygens (including phenoxy) is 1. The van der Waals surface area contributed by atoms with Crippen molar-refractivity contribution >= 4 is 34.1 Å². The fraction of sp³-hybridized carbons (Fsp3) is 0.480. The summed E-state index contributed by atoms with van der Waals surface area (Å²) >= 11 is 1.33. The van der Waals surface area contributed by atoms with Crippen LogP contribution in [0.2, 0.25) is 0 Å². The van der Waals surface area contributed by atoms with Crippen LogP contribution < -0.4 is 10.6 Å². The maximum atomic E-state index is 13.0. The standard InChI is InChI=1S/C25H33N5O5S/c1-4-35-22(32)11-18(27-23(33)19-10-15-9-14(2)5-6-16(15)26-19)20(13-31)28-24(34)25-29-17-7-8-30(3)12-21(17)36-25/h5-6,9-10,18,20,23,26-27,31,33H,4,7-8,11-13H2,1-3H3,(H,28,34)/t18-,20-,23?/m1/s1. The second-order valence-corrected chi connectivity index (χ2v) is 10.2. The molecule has 3 aromatic rings. The number of nitrogens with one attached hydrogen (secondary N) is 3. The summed E-state index contributed by atoms with van der Waals surface area (Å²) in [6.45, 7) is 5.07. The van der Waals surface area contributed by atoms with Gasteiger partial charge in [0, 0.05) is 41.3 Å². The van der Waals surface area contributed by atoms with Gasteiger partial charge in [0.2, 0.25) is 0 Å². The minimum Gasteiger partial charge on any atom is -0.466 e. The van der Waals surface area contributed by atoms with Gasteiger partial charge in [-0.3, -0.25) is 14.9 Å². The molecule has 194 valence electrons. The lowest BCUT2D eigenvalue weighted by Gasteiger charge is -2.28. The van der Waals surface area contributed by atoms with Crippen LogP contribution in [-0.4, -0.2) is 75.8 Å². The predicted molar refractivity (Wildman–Crippen MR) is 137 cm³/mol. The van der Waals surface area contributed by atoms with Crippen LogP contribution in [0, 0.1) is 6.92 Å². The Hall–Kier alpha value is -2.83. The molecule has 5 N–H and O–H groups in total. The fourth-order valence-corrected chi connectivity index (χ4v) is 5.45. The molecular weight excluding hydrogens is 482 g/mol. The average Bonchev–Trinajstić information content (AvgIpc) is 3.45. The minimum absolute atomic E-state index is 0.158. The van der Waals surface area contributed by atoms with E-state index in [0.717, 1.165) is 46.5 Å². The number of fused-ring (bicyclic) bond motifs is 2. The first-order chi connectivity index (χ1) is 17.3. The summed E-state index contributed by atoms with van der Waals surface area (Å²) in [5, 5.41) is 28.1. The number of esters is 1. The van der Waals surface area contributed by atoms with Crippen molar-refractivity contribution in [3.63, 3.8) is 0 Å². The molecule has 36 heavy (non-hydrogen) atoms. The number of benzene rings is 1. The topological polar surface area (TPSA) is 140 Å². The molecular formula is C25H33N5O5S. The van der Waals surface area contributed by atoms with Crippen LogP contribution in [-0.2, 0) is 22.5 Å². The van der Waals surface area contributed by atoms with Gasteiger partial charge in [0.1, 0.15) is 6.23 Å². The number of amides is 1. The normalized spacial score (nSPS) is 16.4. The van der Waals surface area contributed by atoms with Crippen LogP contribution in [0.1, 0.15) is 51.2 Å². The van der Waals surface area contributed by atoms with Crippen LogP contribution in [0.4, 0.5) is 0 Å². The predicted octanol–water partition coefficient (Wildman–Crippen LogP) is 1.61. The summed E-state index contributed by atoms with van der Waals surface area (Å²) < 4.78 is 5.09. The third-order valence-corrected chi connectivity index (χ3v) is 7.35. The van der Waals surface area contributed by atoms with Gasteiger partial charge in [-0.2, -0.15) is 0 Å². The summed E-state index contributed by atoms with van der Waals surface area (Å²) in [7, 11) is 2.02. The Morgan fingerprint density at radius 3 is 2.86 bits per heavy atom. The smallest absolute Gasteiger partial charge is 0.307 e. The number of hydrogen-bond acceptors (Lipinski definition) is 9. The zero-order valence-corrected chi connectivity index (χ0v) is 21.5. The van der Waals surface area contributed by atoms with Gasteiger partial charge in [-0.15, -0.1) is 11.3 Å². The van der Waals surface area contributed by atoms with Crippen molar-refractivity contribution < 1.29 is 24.5 Å². The van der Waals surface area contributed by atoms with Crippen molar-refractivity contribution in [2.45, 2.75) is 51.5 Å². The second-order valence-electron chi connectivity index (χ2n) is 9.14. The van der Waals surface area contributed by atoms with Gasteiger partial charge in [-0.25, -0.2) is 4.98 Å². The quantitative estimate of drug-likeness (QED) is 0.203. The van der Waals surface area contributed by atoms with E-state index >= 15 is 0 Å². The molecule has 3 heterocycles. The van der Waals surface area contributed by atoms with E-state index in [1.807, 2.05) is 38.2 Å². The molecule has 1 unspecified atom stereocenters. The van der Waals surface area contributed by atoms with Gasteiger partial charge in [0.25, 0.3) is 5.91 Å². The number of aromatic nitrogens is 2. The maximum Gasteiger partial charge on any atom is 0.307 e. The molecule has 1 aromatic carbocycles. The van der Waals surface area contributed by atoms with E-state index < -0.39 is 36.8 Å². The molecule has 0 saturated heterocycles. The molecule has 0 radical (unpaired) electrons. The number of aryl methyl sites for hydroxylation is 1.